The van der Waals surface area contributed by atoms with Crippen molar-refractivity contribution in [1.82, 2.24) is 0 Å². The Labute approximate surface area is 64.3 Å². The van der Waals surface area contributed by atoms with Crippen LogP contribution in [0.3, 0.4) is 0 Å². The summed E-state index contributed by atoms with van der Waals surface area (Å²) >= 11 is 0. The summed E-state index contributed by atoms with van der Waals surface area (Å²) in [5, 5.41) is 0. The van der Waals surface area contributed by atoms with E-state index in [0.29, 0.717) is 0 Å². The first kappa shape index (κ1) is 9.42. The maximum Gasteiger partial charge on any atom is 0.331 e. The third-order valence-corrected chi connectivity index (χ3v) is 0.727. The quantitative estimate of drug-likeness (QED) is 0.346. The average Bonchev–Trinajstić information content (AvgIpc) is 1.97. The Morgan fingerprint density at radius 1 is 1.45 bits per heavy atom. The van der Waals surface area contributed by atoms with Crippen LogP contribution in [0.2, 0.25) is 0 Å². The van der Waals surface area contributed by atoms with Crippen LogP contribution in [0.15, 0.2) is 24.8 Å². The van der Waals surface area contributed by atoms with Gasteiger partial charge in [-0.2, -0.15) is 0 Å². The maximum atomic E-state index is 10.5. The van der Waals surface area contributed by atoms with Gasteiger partial charge in [0.15, 0.2) is 0 Å². The van der Waals surface area contributed by atoms with Crippen LogP contribution in [-0.4, -0.2) is 18.5 Å². The largest absolute Gasteiger partial charge is 0.458 e. The highest BCUT2D eigenvalue weighted by atomic mass is 16.5. The third-order valence-electron chi connectivity index (χ3n) is 0.727. The lowest BCUT2D eigenvalue weighted by Crippen LogP contribution is -2.08. The number of esters is 1. The van der Waals surface area contributed by atoms with E-state index in [0.717, 1.165) is 12.2 Å². The molecule has 0 aliphatic carbocycles. The van der Waals surface area contributed by atoms with Gasteiger partial charge in [0.1, 0.15) is 6.61 Å². The van der Waals surface area contributed by atoms with Crippen molar-refractivity contribution in [2.75, 3.05) is 6.61 Å². The van der Waals surface area contributed by atoms with E-state index in [1.54, 1.807) is 0 Å². The van der Waals surface area contributed by atoms with Gasteiger partial charge in [-0.1, -0.05) is 12.7 Å². The average molecular weight is 155 g/mol. The molecule has 0 spiro atoms. The van der Waals surface area contributed by atoms with Crippen LogP contribution >= 0.6 is 0 Å². The number of amides is 1. The summed E-state index contributed by atoms with van der Waals surface area (Å²) in [7, 11) is 0. The lowest BCUT2D eigenvalue weighted by atomic mass is 10.5. The van der Waals surface area contributed by atoms with E-state index < -0.39 is 11.9 Å². The van der Waals surface area contributed by atoms with E-state index in [9.17, 15) is 9.59 Å². The summed E-state index contributed by atoms with van der Waals surface area (Å²) in [6.45, 7) is 3.46. The third kappa shape index (κ3) is 6.30. The van der Waals surface area contributed by atoms with E-state index in [1.807, 2.05) is 0 Å². The van der Waals surface area contributed by atoms with E-state index in [2.05, 4.69) is 11.3 Å². The first-order chi connectivity index (χ1) is 5.16. The Bertz CT molecular complexity index is 196. The van der Waals surface area contributed by atoms with E-state index in [1.165, 1.54) is 6.08 Å². The molecule has 0 unspecified atom stereocenters. The molecule has 0 rings (SSSR count). The summed E-state index contributed by atoms with van der Waals surface area (Å²) in [5.41, 5.74) is 4.72. The Kier molecular flexibility index (Phi) is 4.47. The van der Waals surface area contributed by atoms with Gasteiger partial charge in [0, 0.05) is 12.2 Å². The number of rotatable bonds is 4. The Morgan fingerprint density at radius 3 is 2.55 bits per heavy atom. The van der Waals surface area contributed by atoms with E-state index in [4.69, 9.17) is 5.73 Å². The topological polar surface area (TPSA) is 69.4 Å². The lowest BCUT2D eigenvalue weighted by molar-refractivity contribution is -0.136. The van der Waals surface area contributed by atoms with Gasteiger partial charge < -0.3 is 10.5 Å². The minimum Gasteiger partial charge on any atom is -0.458 e. The Balaban J connectivity index is 3.68. The van der Waals surface area contributed by atoms with Crippen molar-refractivity contribution >= 4 is 11.9 Å². The highest BCUT2D eigenvalue weighted by Crippen LogP contribution is 1.81. The van der Waals surface area contributed by atoms with Crippen molar-refractivity contribution in [2.24, 2.45) is 5.73 Å². The summed E-state index contributed by atoms with van der Waals surface area (Å²) in [6.07, 6.45) is 3.33. The SMILES string of the molecule is C=CCOC(=O)C=CC(N)=O. The van der Waals surface area contributed by atoms with Gasteiger partial charge in [-0.05, 0) is 0 Å². The minimum absolute atomic E-state index is 0.127. The van der Waals surface area contributed by atoms with Crippen LogP contribution < -0.4 is 5.73 Å². The van der Waals surface area contributed by atoms with Crippen molar-refractivity contribution in [3.8, 4) is 0 Å². The summed E-state index contributed by atoms with van der Waals surface area (Å²) in [4.78, 5) is 20.6. The molecule has 0 heterocycles. The van der Waals surface area contributed by atoms with Crippen LogP contribution in [0.1, 0.15) is 0 Å². The maximum absolute atomic E-state index is 10.5. The number of carbonyl (C=O) groups is 2. The molecule has 0 radical (unpaired) electrons. The molecular weight excluding hydrogens is 146 g/mol. The first-order valence-electron chi connectivity index (χ1n) is 2.92. The molecule has 0 saturated heterocycles. The molecular formula is C7H9NO3. The van der Waals surface area contributed by atoms with Crippen LogP contribution in [0.4, 0.5) is 0 Å². The number of carbonyl (C=O) groups excluding carboxylic acids is 2. The van der Waals surface area contributed by atoms with Crippen LogP contribution in [0.25, 0.3) is 0 Å². The number of hydrogen-bond donors (Lipinski definition) is 1. The van der Waals surface area contributed by atoms with Crippen molar-refractivity contribution in [3.05, 3.63) is 24.8 Å². The minimum atomic E-state index is -0.680. The number of ether oxygens (including phenoxy) is 1. The normalized spacial score (nSPS) is 9.45. The molecule has 1 amide bonds. The summed E-state index contributed by atoms with van der Waals surface area (Å²) in [5.74, 6) is -1.29. The molecule has 0 saturated carbocycles. The molecule has 11 heavy (non-hydrogen) atoms. The molecule has 0 aliphatic heterocycles. The van der Waals surface area contributed by atoms with Gasteiger partial charge >= 0.3 is 5.97 Å². The second kappa shape index (κ2) is 5.22. The van der Waals surface area contributed by atoms with Crippen molar-refractivity contribution in [2.45, 2.75) is 0 Å². The highest BCUT2D eigenvalue weighted by Gasteiger charge is 1.93. The predicted octanol–water partition coefficient (Wildman–Crippen LogP) is -0.243. The summed E-state index contributed by atoms with van der Waals surface area (Å²) < 4.78 is 4.49. The second-order valence-corrected chi connectivity index (χ2v) is 1.65. The van der Waals surface area contributed by atoms with Gasteiger partial charge in [-0.25, -0.2) is 4.79 Å². The molecule has 0 fully saturated rings. The standard InChI is InChI=1S/C7H9NO3/c1-2-5-11-7(10)4-3-6(8)9/h2-4H,1,5H2,(H2,8,9). The highest BCUT2D eigenvalue weighted by molar-refractivity contribution is 5.93. The molecule has 60 valence electrons. The van der Waals surface area contributed by atoms with Gasteiger partial charge in [0.25, 0.3) is 0 Å². The smallest absolute Gasteiger partial charge is 0.331 e. The molecule has 0 aromatic heterocycles. The lowest BCUT2D eigenvalue weighted by Gasteiger charge is -1.93. The van der Waals surface area contributed by atoms with Crippen molar-refractivity contribution in [3.63, 3.8) is 0 Å². The molecule has 0 bridgehead atoms. The van der Waals surface area contributed by atoms with Crippen LogP contribution in [-0.2, 0) is 14.3 Å². The number of primary amides is 1. The van der Waals surface area contributed by atoms with Gasteiger partial charge in [-0.15, -0.1) is 0 Å². The fourth-order valence-corrected chi connectivity index (χ4v) is 0.339. The fourth-order valence-electron chi connectivity index (χ4n) is 0.339. The second-order valence-electron chi connectivity index (χ2n) is 1.65. The monoisotopic (exact) mass is 155 g/mol. The predicted molar refractivity (Wildman–Crippen MR) is 39.5 cm³/mol. The molecule has 0 aromatic carbocycles. The zero-order valence-corrected chi connectivity index (χ0v) is 5.95. The molecule has 0 atom stereocenters. The molecule has 0 aliphatic rings. The van der Waals surface area contributed by atoms with Crippen molar-refractivity contribution < 1.29 is 14.3 Å². The number of nitrogens with two attached hydrogens (primary N) is 1. The zero-order valence-electron chi connectivity index (χ0n) is 5.95. The molecule has 4 heteroatoms. The van der Waals surface area contributed by atoms with Crippen molar-refractivity contribution in [1.29, 1.82) is 0 Å². The van der Waals surface area contributed by atoms with E-state index >= 15 is 0 Å². The first-order valence-corrected chi connectivity index (χ1v) is 2.92. The molecule has 0 aromatic rings. The summed E-state index contributed by atoms with van der Waals surface area (Å²) in [6, 6.07) is 0. The van der Waals surface area contributed by atoms with E-state index in [-0.39, 0.29) is 6.61 Å². The molecule has 2 N–H and O–H groups in total. The fraction of sp³-hybridized carbons (Fsp3) is 0.143. The van der Waals surface area contributed by atoms with Crippen LogP contribution in [0.5, 0.6) is 0 Å². The van der Waals surface area contributed by atoms with Gasteiger partial charge in [-0.3, -0.25) is 4.79 Å². The van der Waals surface area contributed by atoms with Crippen LogP contribution in [0, 0.1) is 0 Å². The molecule has 4 nitrogen and oxygen atoms in total. The zero-order chi connectivity index (χ0) is 8.69. The Hall–Kier alpha value is -1.58. The number of hydrogen-bond acceptors (Lipinski definition) is 3. The van der Waals surface area contributed by atoms with Gasteiger partial charge in [0.05, 0.1) is 0 Å². The van der Waals surface area contributed by atoms with Gasteiger partial charge in [0.2, 0.25) is 5.91 Å². The Morgan fingerprint density at radius 2 is 2.09 bits per heavy atom.